The molecule has 0 radical (unpaired) electrons. The van der Waals surface area contributed by atoms with Gasteiger partial charge in [-0.15, -0.1) is 0 Å². The van der Waals surface area contributed by atoms with E-state index >= 15 is 0 Å². The van der Waals surface area contributed by atoms with Crippen molar-refractivity contribution in [3.8, 4) is 0 Å². The van der Waals surface area contributed by atoms with Crippen LogP contribution < -0.4 is 11.1 Å². The summed E-state index contributed by atoms with van der Waals surface area (Å²) in [6.45, 7) is -0.120. The molecule has 6 nitrogen and oxygen atoms in total. The van der Waals surface area contributed by atoms with E-state index in [9.17, 15) is 9.90 Å². The van der Waals surface area contributed by atoms with E-state index in [2.05, 4.69) is 5.32 Å². The van der Waals surface area contributed by atoms with Crippen LogP contribution in [-0.4, -0.2) is 57.1 Å². The summed E-state index contributed by atoms with van der Waals surface area (Å²) >= 11 is 0. The molecule has 0 aliphatic rings. The third kappa shape index (κ3) is 3.22. The van der Waals surface area contributed by atoms with E-state index in [1.165, 1.54) is 21.3 Å². The molecule has 1 amide bonds. The van der Waals surface area contributed by atoms with Gasteiger partial charge in [-0.2, -0.15) is 0 Å². The monoisotopic (exact) mass is 206 g/mol. The molecule has 1 atom stereocenters. The molecule has 14 heavy (non-hydrogen) atoms. The molecule has 0 saturated carbocycles. The van der Waals surface area contributed by atoms with Gasteiger partial charge in [0.05, 0.1) is 13.2 Å². The lowest BCUT2D eigenvalue weighted by molar-refractivity contribution is -0.137. The van der Waals surface area contributed by atoms with E-state index in [0.29, 0.717) is 0 Å². The third-order valence-electron chi connectivity index (χ3n) is 1.90. The Balaban J connectivity index is 4.53. The standard InChI is InChI=1S/C8H18N2O4/c1-10-7(11)6(9)8(12,4-13-2)5-14-3/h6,12H,4-5,9H2,1-3H3,(H,10,11). The Kier molecular flexibility index (Phi) is 5.63. The van der Waals surface area contributed by atoms with Crippen molar-refractivity contribution in [2.45, 2.75) is 11.6 Å². The normalized spacial score (nSPS) is 13.8. The molecule has 0 aromatic carbocycles. The molecule has 0 spiro atoms. The van der Waals surface area contributed by atoms with Gasteiger partial charge in [0.1, 0.15) is 11.6 Å². The Labute approximate surface area is 83.4 Å². The van der Waals surface area contributed by atoms with Crippen molar-refractivity contribution in [3.63, 3.8) is 0 Å². The summed E-state index contributed by atoms with van der Waals surface area (Å²) in [4.78, 5) is 11.2. The molecule has 0 aliphatic carbocycles. The van der Waals surface area contributed by atoms with Gasteiger partial charge in [0.25, 0.3) is 0 Å². The number of amides is 1. The number of rotatable bonds is 6. The number of likely N-dealkylation sites (N-methyl/N-ethyl adjacent to an activating group) is 1. The summed E-state index contributed by atoms with van der Waals surface area (Å²) in [6, 6.07) is -1.08. The Morgan fingerprint density at radius 1 is 1.50 bits per heavy atom. The molecule has 4 N–H and O–H groups in total. The zero-order chi connectivity index (χ0) is 11.2. The number of ether oxygens (including phenoxy) is 2. The van der Waals surface area contributed by atoms with Gasteiger partial charge in [-0.3, -0.25) is 4.79 Å². The van der Waals surface area contributed by atoms with Gasteiger partial charge in [0.2, 0.25) is 5.91 Å². The number of hydrogen-bond donors (Lipinski definition) is 3. The second-order valence-electron chi connectivity index (χ2n) is 3.06. The van der Waals surface area contributed by atoms with E-state index < -0.39 is 17.6 Å². The molecule has 0 bridgehead atoms. The maximum Gasteiger partial charge on any atom is 0.239 e. The molecule has 0 aromatic rings. The predicted molar refractivity (Wildman–Crippen MR) is 50.7 cm³/mol. The van der Waals surface area contributed by atoms with Crippen LogP contribution >= 0.6 is 0 Å². The van der Waals surface area contributed by atoms with Gasteiger partial charge < -0.3 is 25.6 Å². The highest BCUT2D eigenvalue weighted by Crippen LogP contribution is 2.10. The van der Waals surface area contributed by atoms with Crippen LogP contribution in [0.5, 0.6) is 0 Å². The summed E-state index contributed by atoms with van der Waals surface area (Å²) in [7, 11) is 4.27. The number of carbonyl (C=O) groups excluding carboxylic acids is 1. The number of methoxy groups -OCH3 is 2. The van der Waals surface area contributed by atoms with Gasteiger partial charge in [-0.05, 0) is 0 Å². The molecule has 1 unspecified atom stereocenters. The smallest absolute Gasteiger partial charge is 0.239 e. The average Bonchev–Trinajstić information content (AvgIpc) is 2.16. The fraction of sp³-hybridized carbons (Fsp3) is 0.875. The highest BCUT2D eigenvalue weighted by Gasteiger charge is 2.38. The quantitative estimate of drug-likeness (QED) is 0.471. The summed E-state index contributed by atoms with van der Waals surface area (Å²) in [5.74, 6) is -0.457. The van der Waals surface area contributed by atoms with Gasteiger partial charge in [-0.1, -0.05) is 0 Å². The topological polar surface area (TPSA) is 93.8 Å². The zero-order valence-corrected chi connectivity index (χ0v) is 8.74. The molecule has 0 heterocycles. The van der Waals surface area contributed by atoms with E-state index in [1.54, 1.807) is 0 Å². The first kappa shape index (κ1) is 13.3. The van der Waals surface area contributed by atoms with Crippen molar-refractivity contribution in [1.82, 2.24) is 5.32 Å². The highest BCUT2D eigenvalue weighted by molar-refractivity contribution is 5.82. The van der Waals surface area contributed by atoms with Crippen LogP contribution in [-0.2, 0) is 14.3 Å². The second kappa shape index (κ2) is 5.92. The lowest BCUT2D eigenvalue weighted by Gasteiger charge is -2.31. The summed E-state index contributed by atoms with van der Waals surface area (Å²) in [5, 5.41) is 12.3. The Morgan fingerprint density at radius 2 is 1.93 bits per heavy atom. The van der Waals surface area contributed by atoms with Crippen LogP contribution in [0.1, 0.15) is 0 Å². The molecular formula is C8H18N2O4. The minimum atomic E-state index is -1.50. The van der Waals surface area contributed by atoms with Crippen LogP contribution in [0, 0.1) is 0 Å². The Morgan fingerprint density at radius 3 is 2.21 bits per heavy atom. The number of aliphatic hydroxyl groups is 1. The molecular weight excluding hydrogens is 188 g/mol. The fourth-order valence-corrected chi connectivity index (χ4v) is 1.12. The maximum absolute atomic E-state index is 11.2. The Bertz CT molecular complexity index is 180. The van der Waals surface area contributed by atoms with E-state index in [4.69, 9.17) is 15.2 Å². The lowest BCUT2D eigenvalue weighted by Crippen LogP contribution is -2.60. The molecule has 0 fully saturated rings. The maximum atomic E-state index is 11.2. The summed E-state index contributed by atoms with van der Waals surface area (Å²) < 4.78 is 9.57. The average molecular weight is 206 g/mol. The van der Waals surface area contributed by atoms with Crippen molar-refractivity contribution < 1.29 is 19.4 Å². The van der Waals surface area contributed by atoms with Gasteiger partial charge in [0, 0.05) is 21.3 Å². The molecule has 6 heteroatoms. The van der Waals surface area contributed by atoms with E-state index in [0.717, 1.165) is 0 Å². The highest BCUT2D eigenvalue weighted by atomic mass is 16.5. The Hall–Kier alpha value is -0.690. The number of nitrogens with two attached hydrogens (primary N) is 1. The van der Waals surface area contributed by atoms with Crippen LogP contribution in [0.3, 0.4) is 0 Å². The van der Waals surface area contributed by atoms with Gasteiger partial charge >= 0.3 is 0 Å². The molecule has 0 rings (SSSR count). The van der Waals surface area contributed by atoms with E-state index in [-0.39, 0.29) is 13.2 Å². The van der Waals surface area contributed by atoms with Crippen molar-refractivity contribution in [2.24, 2.45) is 5.73 Å². The largest absolute Gasteiger partial charge is 0.383 e. The van der Waals surface area contributed by atoms with E-state index in [1.807, 2.05) is 0 Å². The molecule has 0 saturated heterocycles. The van der Waals surface area contributed by atoms with Crippen molar-refractivity contribution in [3.05, 3.63) is 0 Å². The van der Waals surface area contributed by atoms with Crippen LogP contribution in [0.15, 0.2) is 0 Å². The SMILES string of the molecule is CNC(=O)C(N)C(O)(COC)COC. The summed E-state index contributed by atoms with van der Waals surface area (Å²) in [5.41, 5.74) is 4.06. The lowest BCUT2D eigenvalue weighted by atomic mass is 9.96. The minimum absolute atomic E-state index is 0.0601. The fourth-order valence-electron chi connectivity index (χ4n) is 1.12. The minimum Gasteiger partial charge on any atom is -0.383 e. The van der Waals surface area contributed by atoms with Gasteiger partial charge in [0.15, 0.2) is 0 Å². The van der Waals surface area contributed by atoms with Crippen molar-refractivity contribution in [1.29, 1.82) is 0 Å². The van der Waals surface area contributed by atoms with Crippen molar-refractivity contribution in [2.75, 3.05) is 34.5 Å². The number of nitrogens with one attached hydrogen (secondary N) is 1. The predicted octanol–water partition coefficient (Wildman–Crippen LogP) is -1.92. The van der Waals surface area contributed by atoms with Crippen LogP contribution in [0.2, 0.25) is 0 Å². The van der Waals surface area contributed by atoms with Crippen LogP contribution in [0.4, 0.5) is 0 Å². The van der Waals surface area contributed by atoms with Crippen molar-refractivity contribution >= 4 is 5.91 Å². The molecule has 84 valence electrons. The zero-order valence-electron chi connectivity index (χ0n) is 8.74. The first-order valence-corrected chi connectivity index (χ1v) is 4.19. The second-order valence-corrected chi connectivity index (χ2v) is 3.06. The third-order valence-corrected chi connectivity index (χ3v) is 1.90. The first-order valence-electron chi connectivity index (χ1n) is 4.19. The van der Waals surface area contributed by atoms with Crippen LogP contribution in [0.25, 0.3) is 0 Å². The number of hydrogen-bond acceptors (Lipinski definition) is 5. The first-order chi connectivity index (χ1) is 6.51. The summed E-state index contributed by atoms with van der Waals surface area (Å²) in [6.07, 6.45) is 0. The van der Waals surface area contributed by atoms with Gasteiger partial charge in [-0.25, -0.2) is 0 Å². The molecule has 0 aliphatic heterocycles. The molecule has 0 aromatic heterocycles. The number of carbonyl (C=O) groups is 1.